The number of unbranched alkanes of at least 4 members (excludes halogenated alkanes) is 6. The highest BCUT2D eigenvalue weighted by Crippen LogP contribution is 2.35. The Morgan fingerprint density at radius 1 is 0.762 bits per heavy atom. The number of rotatable bonds is 12. The van der Waals surface area contributed by atoms with E-state index in [1.165, 1.54) is 38.5 Å². The summed E-state index contributed by atoms with van der Waals surface area (Å²) in [4.78, 5) is 0. The molecule has 0 bridgehead atoms. The van der Waals surface area contributed by atoms with Gasteiger partial charge in [-0.05, 0) is 25.0 Å². The van der Waals surface area contributed by atoms with Gasteiger partial charge in [-0.2, -0.15) is 0 Å². The molecule has 0 heterocycles. The first kappa shape index (κ1) is 17.7. The number of para-hydroxylation sites is 1. The quantitative estimate of drug-likeness (QED) is 0.531. The van der Waals surface area contributed by atoms with Crippen LogP contribution < -0.4 is 9.47 Å². The number of ether oxygens (including phenoxy) is 2. The summed E-state index contributed by atoms with van der Waals surface area (Å²) in [5.41, 5.74) is 0. The van der Waals surface area contributed by atoms with Crippen molar-refractivity contribution in [2.24, 2.45) is 0 Å². The Bertz CT molecular complexity index is 344. The van der Waals surface area contributed by atoms with E-state index in [9.17, 15) is 5.11 Å². The normalized spacial score (nSPS) is 10.6. The molecular formula is C18H30O3. The van der Waals surface area contributed by atoms with Gasteiger partial charge in [0.1, 0.15) is 0 Å². The molecule has 0 unspecified atom stereocenters. The summed E-state index contributed by atoms with van der Waals surface area (Å²) in [5.74, 6) is 1.18. The molecular weight excluding hydrogens is 264 g/mol. The minimum atomic E-state index is 0.128. The highest BCUT2D eigenvalue weighted by molar-refractivity contribution is 5.49. The molecule has 0 fully saturated rings. The molecule has 120 valence electrons. The van der Waals surface area contributed by atoms with Gasteiger partial charge in [0.25, 0.3) is 0 Å². The zero-order valence-corrected chi connectivity index (χ0v) is 13.6. The van der Waals surface area contributed by atoms with Crippen LogP contribution in [0.15, 0.2) is 18.2 Å². The van der Waals surface area contributed by atoms with Gasteiger partial charge in [-0.25, -0.2) is 0 Å². The van der Waals surface area contributed by atoms with E-state index in [2.05, 4.69) is 13.8 Å². The fourth-order valence-electron chi connectivity index (χ4n) is 2.16. The van der Waals surface area contributed by atoms with Gasteiger partial charge in [-0.1, -0.05) is 58.4 Å². The molecule has 1 N–H and O–H groups in total. The van der Waals surface area contributed by atoms with Crippen LogP contribution in [0.4, 0.5) is 0 Å². The lowest BCUT2D eigenvalue weighted by Gasteiger charge is -2.12. The van der Waals surface area contributed by atoms with Gasteiger partial charge in [0.15, 0.2) is 11.5 Å². The van der Waals surface area contributed by atoms with Crippen LogP contribution in [0.1, 0.15) is 65.2 Å². The largest absolute Gasteiger partial charge is 0.502 e. The lowest BCUT2D eigenvalue weighted by molar-refractivity contribution is 0.265. The predicted octanol–water partition coefficient (Wildman–Crippen LogP) is 5.31. The zero-order valence-electron chi connectivity index (χ0n) is 13.6. The van der Waals surface area contributed by atoms with E-state index in [-0.39, 0.29) is 5.75 Å². The van der Waals surface area contributed by atoms with E-state index < -0.39 is 0 Å². The van der Waals surface area contributed by atoms with Crippen LogP contribution in [-0.4, -0.2) is 18.3 Å². The van der Waals surface area contributed by atoms with E-state index in [1.807, 2.05) is 6.07 Å². The van der Waals surface area contributed by atoms with Gasteiger partial charge in [-0.15, -0.1) is 0 Å². The van der Waals surface area contributed by atoms with Gasteiger partial charge in [-0.3, -0.25) is 0 Å². The molecule has 21 heavy (non-hydrogen) atoms. The first-order valence-corrected chi connectivity index (χ1v) is 8.37. The fraction of sp³-hybridized carbons (Fsp3) is 0.667. The molecule has 0 aromatic heterocycles. The molecule has 0 amide bonds. The fourth-order valence-corrected chi connectivity index (χ4v) is 2.16. The highest BCUT2D eigenvalue weighted by atomic mass is 16.5. The van der Waals surface area contributed by atoms with E-state index in [4.69, 9.17) is 9.47 Å². The monoisotopic (exact) mass is 294 g/mol. The molecule has 0 aliphatic rings. The molecule has 1 aromatic carbocycles. The molecule has 1 rings (SSSR count). The summed E-state index contributed by atoms with van der Waals surface area (Å²) < 4.78 is 11.3. The molecule has 0 aliphatic carbocycles. The summed E-state index contributed by atoms with van der Waals surface area (Å²) in [6.45, 7) is 5.67. The van der Waals surface area contributed by atoms with Crippen molar-refractivity contribution in [3.8, 4) is 17.2 Å². The Hall–Kier alpha value is -1.38. The average Bonchev–Trinajstić information content (AvgIpc) is 2.50. The van der Waals surface area contributed by atoms with E-state index in [0.29, 0.717) is 24.7 Å². The summed E-state index contributed by atoms with van der Waals surface area (Å²) in [6.07, 6.45) is 9.28. The Morgan fingerprint density at radius 3 is 1.67 bits per heavy atom. The van der Waals surface area contributed by atoms with Gasteiger partial charge >= 0.3 is 0 Å². The maximum atomic E-state index is 10.1. The summed E-state index contributed by atoms with van der Waals surface area (Å²) in [7, 11) is 0. The molecule has 0 saturated carbocycles. The smallest absolute Gasteiger partial charge is 0.200 e. The third-order valence-electron chi connectivity index (χ3n) is 3.47. The number of aromatic hydroxyl groups is 1. The topological polar surface area (TPSA) is 38.7 Å². The van der Waals surface area contributed by atoms with Crippen molar-refractivity contribution in [2.75, 3.05) is 13.2 Å². The molecule has 3 nitrogen and oxygen atoms in total. The molecule has 0 atom stereocenters. The Labute approximate surface area is 129 Å². The van der Waals surface area contributed by atoms with E-state index in [0.717, 1.165) is 12.8 Å². The second-order valence-corrected chi connectivity index (χ2v) is 5.42. The molecule has 0 radical (unpaired) electrons. The van der Waals surface area contributed by atoms with Crippen LogP contribution >= 0.6 is 0 Å². The summed E-state index contributed by atoms with van der Waals surface area (Å²) in [5, 5.41) is 10.1. The van der Waals surface area contributed by atoms with Gasteiger partial charge in [0.05, 0.1) is 13.2 Å². The molecule has 0 saturated heterocycles. The second kappa shape index (κ2) is 11.3. The standard InChI is InChI=1S/C18H30O3/c1-3-5-7-9-14-20-16-12-11-13-17(18(16)19)21-15-10-8-6-4-2/h11-13,19H,3-10,14-15H2,1-2H3. The number of hydrogen-bond donors (Lipinski definition) is 1. The van der Waals surface area contributed by atoms with Crippen LogP contribution in [0.5, 0.6) is 17.2 Å². The first-order valence-electron chi connectivity index (χ1n) is 8.37. The van der Waals surface area contributed by atoms with Crippen LogP contribution in [0, 0.1) is 0 Å². The van der Waals surface area contributed by atoms with Gasteiger partial charge < -0.3 is 14.6 Å². The Balaban J connectivity index is 2.35. The third-order valence-corrected chi connectivity index (χ3v) is 3.47. The predicted molar refractivity (Wildman–Crippen MR) is 87.4 cm³/mol. The number of hydrogen-bond acceptors (Lipinski definition) is 3. The zero-order chi connectivity index (χ0) is 15.3. The maximum Gasteiger partial charge on any atom is 0.200 e. The van der Waals surface area contributed by atoms with Gasteiger partial charge in [0.2, 0.25) is 5.75 Å². The number of phenolic OH excluding ortho intramolecular Hbond substituents is 1. The average molecular weight is 294 g/mol. The van der Waals surface area contributed by atoms with Gasteiger partial charge in [0, 0.05) is 0 Å². The molecule has 3 heteroatoms. The molecule has 1 aromatic rings. The molecule has 0 aliphatic heterocycles. The van der Waals surface area contributed by atoms with Crippen molar-refractivity contribution in [3.05, 3.63) is 18.2 Å². The maximum absolute atomic E-state index is 10.1. The first-order chi connectivity index (χ1) is 10.3. The molecule has 0 spiro atoms. The third kappa shape index (κ3) is 7.26. The van der Waals surface area contributed by atoms with E-state index >= 15 is 0 Å². The number of phenols is 1. The Kier molecular flexibility index (Phi) is 9.51. The van der Waals surface area contributed by atoms with Crippen molar-refractivity contribution in [3.63, 3.8) is 0 Å². The van der Waals surface area contributed by atoms with Crippen molar-refractivity contribution in [1.29, 1.82) is 0 Å². The second-order valence-electron chi connectivity index (χ2n) is 5.42. The minimum absolute atomic E-state index is 0.128. The Morgan fingerprint density at radius 2 is 1.24 bits per heavy atom. The lowest BCUT2D eigenvalue weighted by atomic mass is 10.2. The van der Waals surface area contributed by atoms with Crippen LogP contribution in [-0.2, 0) is 0 Å². The highest BCUT2D eigenvalue weighted by Gasteiger charge is 2.09. The lowest BCUT2D eigenvalue weighted by Crippen LogP contribution is -2.00. The van der Waals surface area contributed by atoms with Crippen LogP contribution in [0.2, 0.25) is 0 Å². The van der Waals surface area contributed by atoms with Crippen molar-refractivity contribution in [1.82, 2.24) is 0 Å². The SMILES string of the molecule is CCCCCCOc1cccc(OCCCCCC)c1O. The van der Waals surface area contributed by atoms with Crippen LogP contribution in [0.3, 0.4) is 0 Å². The van der Waals surface area contributed by atoms with Crippen LogP contribution in [0.25, 0.3) is 0 Å². The summed E-state index contributed by atoms with van der Waals surface area (Å²) in [6, 6.07) is 5.45. The minimum Gasteiger partial charge on any atom is -0.502 e. The van der Waals surface area contributed by atoms with Crippen molar-refractivity contribution in [2.45, 2.75) is 65.2 Å². The van der Waals surface area contributed by atoms with Crippen molar-refractivity contribution >= 4 is 0 Å². The van der Waals surface area contributed by atoms with E-state index in [1.54, 1.807) is 12.1 Å². The van der Waals surface area contributed by atoms with Crippen molar-refractivity contribution < 1.29 is 14.6 Å². The number of benzene rings is 1. The summed E-state index contributed by atoms with van der Waals surface area (Å²) >= 11 is 0.